The van der Waals surface area contributed by atoms with E-state index < -0.39 is 6.04 Å². The molecule has 1 aromatic rings. The molecule has 0 aliphatic rings. The molecule has 0 saturated heterocycles. The van der Waals surface area contributed by atoms with E-state index in [0.717, 1.165) is 0 Å². The van der Waals surface area contributed by atoms with Crippen molar-refractivity contribution < 1.29 is 9.59 Å². The van der Waals surface area contributed by atoms with E-state index in [1.807, 2.05) is 27.7 Å². The summed E-state index contributed by atoms with van der Waals surface area (Å²) in [5.41, 5.74) is 7.12. The minimum absolute atomic E-state index is 0.0602. The fourth-order valence-corrected chi connectivity index (χ4v) is 1.81. The second kappa shape index (κ2) is 7.78. The van der Waals surface area contributed by atoms with E-state index in [-0.39, 0.29) is 17.7 Å². The van der Waals surface area contributed by atoms with E-state index in [0.29, 0.717) is 23.7 Å². The highest BCUT2D eigenvalue weighted by atomic mass is 16.2. The minimum atomic E-state index is -0.529. The Morgan fingerprint density at radius 1 is 1.05 bits per heavy atom. The summed E-state index contributed by atoms with van der Waals surface area (Å²) in [4.78, 5) is 23.6. The standard InChI is InChI=1S/C16H25N3O2/c1-10(2)8-14(17)16(21)19-13-7-5-6-12(9-13)18-15(20)11(3)4/h5-7,9-11,14H,8,17H2,1-4H3,(H,18,20)(H,19,21). The lowest BCUT2D eigenvalue weighted by atomic mass is 10.0. The fourth-order valence-electron chi connectivity index (χ4n) is 1.81. The Hall–Kier alpha value is -1.88. The molecule has 5 nitrogen and oxygen atoms in total. The molecule has 4 N–H and O–H groups in total. The highest BCUT2D eigenvalue weighted by Crippen LogP contribution is 2.16. The summed E-state index contributed by atoms with van der Waals surface area (Å²) < 4.78 is 0. The SMILES string of the molecule is CC(C)CC(N)C(=O)Nc1cccc(NC(=O)C(C)C)c1. The van der Waals surface area contributed by atoms with Gasteiger partial charge in [0.15, 0.2) is 0 Å². The molecule has 0 saturated carbocycles. The highest BCUT2D eigenvalue weighted by Gasteiger charge is 2.15. The number of amides is 2. The number of hydrogen-bond donors (Lipinski definition) is 3. The van der Waals surface area contributed by atoms with Crippen molar-refractivity contribution in [1.82, 2.24) is 0 Å². The molecule has 116 valence electrons. The number of benzene rings is 1. The first-order valence-electron chi connectivity index (χ1n) is 7.27. The fraction of sp³-hybridized carbons (Fsp3) is 0.500. The highest BCUT2D eigenvalue weighted by molar-refractivity contribution is 5.96. The summed E-state index contributed by atoms with van der Waals surface area (Å²) in [6.07, 6.45) is 0.635. The van der Waals surface area contributed by atoms with Gasteiger partial charge in [-0.15, -0.1) is 0 Å². The van der Waals surface area contributed by atoms with Gasteiger partial charge >= 0.3 is 0 Å². The first-order chi connectivity index (χ1) is 9.79. The molecule has 0 spiro atoms. The van der Waals surface area contributed by atoms with Gasteiger partial charge in [0.2, 0.25) is 11.8 Å². The minimum Gasteiger partial charge on any atom is -0.326 e. The van der Waals surface area contributed by atoms with Crippen molar-refractivity contribution in [2.75, 3.05) is 10.6 Å². The Labute approximate surface area is 126 Å². The Bertz CT molecular complexity index is 498. The number of carbonyl (C=O) groups excluding carboxylic acids is 2. The largest absolute Gasteiger partial charge is 0.326 e. The van der Waals surface area contributed by atoms with Gasteiger partial charge in [-0.05, 0) is 30.5 Å². The van der Waals surface area contributed by atoms with Crippen LogP contribution in [0.1, 0.15) is 34.1 Å². The van der Waals surface area contributed by atoms with Gasteiger partial charge in [0.25, 0.3) is 0 Å². The molecule has 0 fully saturated rings. The smallest absolute Gasteiger partial charge is 0.241 e. The van der Waals surface area contributed by atoms with Crippen molar-refractivity contribution >= 4 is 23.2 Å². The molecule has 0 heterocycles. The number of nitrogens with one attached hydrogen (secondary N) is 2. The first kappa shape index (κ1) is 17.2. The summed E-state index contributed by atoms with van der Waals surface area (Å²) in [6.45, 7) is 7.70. The summed E-state index contributed by atoms with van der Waals surface area (Å²) >= 11 is 0. The Kier molecular flexibility index (Phi) is 6.37. The molecule has 1 rings (SSSR count). The second-order valence-corrected chi connectivity index (χ2v) is 5.95. The molecule has 0 radical (unpaired) electrons. The molecule has 1 aromatic carbocycles. The maximum absolute atomic E-state index is 12.0. The molecule has 0 bridgehead atoms. The maximum atomic E-state index is 12.0. The summed E-state index contributed by atoms with van der Waals surface area (Å²) in [5.74, 6) is -0.00357. The van der Waals surface area contributed by atoms with Gasteiger partial charge in [-0.3, -0.25) is 9.59 Å². The number of nitrogens with two attached hydrogens (primary N) is 1. The zero-order chi connectivity index (χ0) is 16.0. The zero-order valence-electron chi connectivity index (χ0n) is 13.1. The van der Waals surface area contributed by atoms with Crippen LogP contribution >= 0.6 is 0 Å². The third-order valence-electron chi connectivity index (χ3n) is 2.98. The lowest BCUT2D eigenvalue weighted by Gasteiger charge is -2.15. The molecular formula is C16H25N3O2. The monoisotopic (exact) mass is 291 g/mol. The van der Waals surface area contributed by atoms with Crippen LogP contribution in [0.4, 0.5) is 11.4 Å². The van der Waals surface area contributed by atoms with Gasteiger partial charge in [-0.25, -0.2) is 0 Å². The van der Waals surface area contributed by atoms with Crippen LogP contribution in [0.2, 0.25) is 0 Å². The van der Waals surface area contributed by atoms with E-state index in [1.165, 1.54) is 0 Å². The van der Waals surface area contributed by atoms with Gasteiger partial charge in [0, 0.05) is 17.3 Å². The van der Waals surface area contributed by atoms with E-state index in [2.05, 4.69) is 10.6 Å². The predicted molar refractivity (Wildman–Crippen MR) is 86.0 cm³/mol. The van der Waals surface area contributed by atoms with Gasteiger partial charge in [0.1, 0.15) is 0 Å². The first-order valence-corrected chi connectivity index (χ1v) is 7.27. The molecule has 1 unspecified atom stereocenters. The zero-order valence-corrected chi connectivity index (χ0v) is 13.1. The maximum Gasteiger partial charge on any atom is 0.241 e. The van der Waals surface area contributed by atoms with E-state index in [1.54, 1.807) is 24.3 Å². The van der Waals surface area contributed by atoms with Gasteiger partial charge in [-0.1, -0.05) is 33.8 Å². The van der Waals surface area contributed by atoms with Crippen LogP contribution in [-0.4, -0.2) is 17.9 Å². The van der Waals surface area contributed by atoms with E-state index >= 15 is 0 Å². The lowest BCUT2D eigenvalue weighted by molar-refractivity contribution is -0.119. The molecule has 1 atom stereocenters. The Morgan fingerprint density at radius 3 is 2.05 bits per heavy atom. The number of anilines is 2. The van der Waals surface area contributed by atoms with Crippen molar-refractivity contribution in [2.45, 2.75) is 40.2 Å². The molecule has 0 aliphatic heterocycles. The number of hydrogen-bond acceptors (Lipinski definition) is 3. The normalized spacial score (nSPS) is 12.3. The predicted octanol–water partition coefficient (Wildman–Crippen LogP) is 2.59. The van der Waals surface area contributed by atoms with E-state index in [4.69, 9.17) is 5.73 Å². The third-order valence-corrected chi connectivity index (χ3v) is 2.98. The van der Waals surface area contributed by atoms with Crippen molar-refractivity contribution in [1.29, 1.82) is 0 Å². The average molecular weight is 291 g/mol. The van der Waals surface area contributed by atoms with Crippen LogP contribution in [0.25, 0.3) is 0 Å². The second-order valence-electron chi connectivity index (χ2n) is 5.95. The summed E-state index contributed by atoms with van der Waals surface area (Å²) in [5, 5.41) is 5.57. The molecule has 0 aliphatic carbocycles. The van der Waals surface area contributed by atoms with Crippen molar-refractivity contribution in [2.24, 2.45) is 17.6 Å². The number of carbonyl (C=O) groups is 2. The van der Waals surface area contributed by atoms with Crippen LogP contribution < -0.4 is 16.4 Å². The van der Waals surface area contributed by atoms with Gasteiger partial charge < -0.3 is 16.4 Å². The van der Waals surface area contributed by atoms with Crippen molar-refractivity contribution in [3.63, 3.8) is 0 Å². The van der Waals surface area contributed by atoms with Gasteiger partial charge in [-0.2, -0.15) is 0 Å². The molecular weight excluding hydrogens is 266 g/mol. The Balaban J connectivity index is 2.68. The quantitative estimate of drug-likeness (QED) is 0.753. The van der Waals surface area contributed by atoms with Crippen molar-refractivity contribution in [3.05, 3.63) is 24.3 Å². The molecule has 0 aromatic heterocycles. The van der Waals surface area contributed by atoms with E-state index in [9.17, 15) is 9.59 Å². The van der Waals surface area contributed by atoms with Gasteiger partial charge in [0.05, 0.1) is 6.04 Å². The van der Waals surface area contributed by atoms with Crippen LogP contribution in [0, 0.1) is 11.8 Å². The number of rotatable bonds is 6. The molecule has 5 heteroatoms. The lowest BCUT2D eigenvalue weighted by Crippen LogP contribution is -2.36. The average Bonchev–Trinajstić information content (AvgIpc) is 2.38. The molecule has 2 amide bonds. The van der Waals surface area contributed by atoms with Crippen LogP contribution in [0.3, 0.4) is 0 Å². The van der Waals surface area contributed by atoms with Crippen LogP contribution in [-0.2, 0) is 9.59 Å². The Morgan fingerprint density at radius 2 is 1.57 bits per heavy atom. The summed E-state index contributed by atoms with van der Waals surface area (Å²) in [6, 6.07) is 6.52. The molecule has 21 heavy (non-hydrogen) atoms. The van der Waals surface area contributed by atoms with Crippen molar-refractivity contribution in [3.8, 4) is 0 Å². The topological polar surface area (TPSA) is 84.2 Å². The van der Waals surface area contributed by atoms with Crippen LogP contribution in [0.5, 0.6) is 0 Å². The third kappa shape index (κ3) is 5.95. The van der Waals surface area contributed by atoms with Crippen LogP contribution in [0.15, 0.2) is 24.3 Å². The summed E-state index contributed by atoms with van der Waals surface area (Å²) in [7, 11) is 0.